The highest BCUT2D eigenvalue weighted by atomic mass is 35.5. The third-order valence-electron chi connectivity index (χ3n) is 4.49. The SMILES string of the molecule is COc1ccccc1N1CCN(C(=O)[C@@H](C)Sc2ccc(Cl)cc2)CC1. The highest BCUT2D eigenvalue weighted by Crippen LogP contribution is 2.29. The second-order valence-electron chi connectivity index (χ2n) is 6.20. The molecule has 26 heavy (non-hydrogen) atoms. The molecule has 0 N–H and O–H groups in total. The highest BCUT2D eigenvalue weighted by molar-refractivity contribution is 8.00. The molecule has 1 heterocycles. The first-order valence-electron chi connectivity index (χ1n) is 8.67. The van der Waals surface area contributed by atoms with E-state index in [4.69, 9.17) is 16.3 Å². The van der Waals surface area contributed by atoms with Crippen molar-refractivity contribution in [2.75, 3.05) is 38.2 Å². The van der Waals surface area contributed by atoms with Crippen LogP contribution in [0.2, 0.25) is 5.02 Å². The quantitative estimate of drug-likeness (QED) is 0.717. The second-order valence-corrected chi connectivity index (χ2v) is 8.05. The minimum atomic E-state index is -0.117. The average Bonchev–Trinajstić information content (AvgIpc) is 2.69. The lowest BCUT2D eigenvalue weighted by atomic mass is 10.2. The Balaban J connectivity index is 1.57. The summed E-state index contributed by atoms with van der Waals surface area (Å²) in [5.74, 6) is 1.06. The molecule has 2 aromatic carbocycles. The molecule has 1 aliphatic rings. The van der Waals surface area contributed by atoms with Crippen LogP contribution >= 0.6 is 23.4 Å². The van der Waals surface area contributed by atoms with Gasteiger partial charge in [-0.25, -0.2) is 0 Å². The zero-order valence-corrected chi connectivity index (χ0v) is 16.6. The van der Waals surface area contributed by atoms with E-state index in [2.05, 4.69) is 11.0 Å². The summed E-state index contributed by atoms with van der Waals surface area (Å²) >= 11 is 7.49. The molecule has 0 aromatic heterocycles. The van der Waals surface area contributed by atoms with Crippen LogP contribution < -0.4 is 9.64 Å². The van der Waals surface area contributed by atoms with Crippen molar-refractivity contribution in [1.82, 2.24) is 4.90 Å². The zero-order chi connectivity index (χ0) is 18.5. The Morgan fingerprint density at radius 3 is 2.38 bits per heavy atom. The van der Waals surface area contributed by atoms with E-state index >= 15 is 0 Å². The Labute approximate surface area is 164 Å². The van der Waals surface area contributed by atoms with Crippen LogP contribution in [0.25, 0.3) is 0 Å². The van der Waals surface area contributed by atoms with Gasteiger partial charge < -0.3 is 14.5 Å². The molecule has 0 radical (unpaired) electrons. The van der Waals surface area contributed by atoms with E-state index in [0.29, 0.717) is 5.02 Å². The highest BCUT2D eigenvalue weighted by Gasteiger charge is 2.26. The third kappa shape index (κ3) is 4.46. The molecule has 1 saturated heterocycles. The van der Waals surface area contributed by atoms with Crippen LogP contribution in [0.1, 0.15) is 6.92 Å². The number of amides is 1. The Morgan fingerprint density at radius 1 is 1.08 bits per heavy atom. The van der Waals surface area contributed by atoms with Crippen molar-refractivity contribution in [3.63, 3.8) is 0 Å². The van der Waals surface area contributed by atoms with Crippen molar-refractivity contribution in [2.24, 2.45) is 0 Å². The molecule has 0 spiro atoms. The van der Waals surface area contributed by atoms with Gasteiger partial charge in [-0.3, -0.25) is 4.79 Å². The average molecular weight is 391 g/mol. The van der Waals surface area contributed by atoms with Gasteiger partial charge in [0.15, 0.2) is 0 Å². The van der Waals surface area contributed by atoms with Crippen LogP contribution in [-0.4, -0.2) is 49.3 Å². The molecule has 1 aliphatic heterocycles. The van der Waals surface area contributed by atoms with Crippen molar-refractivity contribution in [3.05, 3.63) is 53.6 Å². The summed E-state index contributed by atoms with van der Waals surface area (Å²) < 4.78 is 5.45. The van der Waals surface area contributed by atoms with Crippen LogP contribution in [0.3, 0.4) is 0 Å². The normalized spacial score (nSPS) is 15.7. The van der Waals surface area contributed by atoms with Crippen LogP contribution in [0.15, 0.2) is 53.4 Å². The summed E-state index contributed by atoms with van der Waals surface area (Å²) in [7, 11) is 1.69. The van der Waals surface area contributed by atoms with E-state index < -0.39 is 0 Å². The number of carbonyl (C=O) groups excluding carboxylic acids is 1. The lowest BCUT2D eigenvalue weighted by molar-refractivity contribution is -0.130. The number of halogens is 1. The Hall–Kier alpha value is -1.85. The van der Waals surface area contributed by atoms with E-state index in [1.807, 2.05) is 54.3 Å². The maximum atomic E-state index is 12.8. The number of ether oxygens (including phenoxy) is 1. The van der Waals surface area contributed by atoms with Gasteiger partial charge in [-0.15, -0.1) is 11.8 Å². The standard InChI is InChI=1S/C20H23ClN2O2S/c1-15(26-17-9-7-16(21)8-10-17)20(24)23-13-11-22(12-14-23)18-5-3-4-6-19(18)25-2/h3-10,15H,11-14H2,1-2H3/t15-/m1/s1. The molecule has 0 aliphatic carbocycles. The molecule has 4 nitrogen and oxygen atoms in total. The number of para-hydroxylation sites is 2. The van der Waals surface area contributed by atoms with Gasteiger partial charge in [0.25, 0.3) is 0 Å². The third-order valence-corrected chi connectivity index (χ3v) is 5.84. The number of hydrogen-bond donors (Lipinski definition) is 0. The largest absolute Gasteiger partial charge is 0.495 e. The number of piperazine rings is 1. The topological polar surface area (TPSA) is 32.8 Å². The molecule has 1 atom stereocenters. The van der Waals surface area contributed by atoms with Gasteiger partial charge in [-0.1, -0.05) is 23.7 Å². The summed E-state index contributed by atoms with van der Waals surface area (Å²) in [6, 6.07) is 15.6. The Morgan fingerprint density at radius 2 is 1.73 bits per heavy atom. The number of thioether (sulfide) groups is 1. The smallest absolute Gasteiger partial charge is 0.235 e. The maximum absolute atomic E-state index is 12.8. The molecular weight excluding hydrogens is 368 g/mol. The Kier molecular flexibility index (Phi) is 6.33. The number of anilines is 1. The number of carbonyl (C=O) groups is 1. The fraction of sp³-hybridized carbons (Fsp3) is 0.350. The van der Waals surface area contributed by atoms with Crippen molar-refractivity contribution in [3.8, 4) is 5.75 Å². The van der Waals surface area contributed by atoms with Gasteiger partial charge in [0, 0.05) is 36.1 Å². The predicted molar refractivity (Wildman–Crippen MR) is 109 cm³/mol. The van der Waals surface area contributed by atoms with Gasteiger partial charge in [0.2, 0.25) is 5.91 Å². The van der Waals surface area contributed by atoms with E-state index in [0.717, 1.165) is 42.5 Å². The monoisotopic (exact) mass is 390 g/mol. The first-order valence-corrected chi connectivity index (χ1v) is 9.93. The molecule has 138 valence electrons. The summed E-state index contributed by atoms with van der Waals surface area (Å²) in [5, 5.41) is 0.592. The number of benzene rings is 2. The van der Waals surface area contributed by atoms with Crippen molar-refractivity contribution in [2.45, 2.75) is 17.1 Å². The molecule has 2 aromatic rings. The molecular formula is C20H23ClN2O2S. The number of rotatable bonds is 5. The van der Waals surface area contributed by atoms with Crippen molar-refractivity contribution in [1.29, 1.82) is 0 Å². The lowest BCUT2D eigenvalue weighted by Gasteiger charge is -2.37. The first-order chi connectivity index (χ1) is 12.6. The van der Waals surface area contributed by atoms with Gasteiger partial charge in [-0.2, -0.15) is 0 Å². The minimum Gasteiger partial charge on any atom is -0.495 e. The van der Waals surface area contributed by atoms with E-state index in [1.165, 1.54) is 0 Å². The number of methoxy groups -OCH3 is 1. The first kappa shape index (κ1) is 18.9. The van der Waals surface area contributed by atoms with Gasteiger partial charge >= 0.3 is 0 Å². The summed E-state index contributed by atoms with van der Waals surface area (Å²) in [4.78, 5) is 18.1. The predicted octanol–water partition coefficient (Wildman–Crippen LogP) is 4.18. The molecule has 0 unspecified atom stereocenters. The minimum absolute atomic E-state index is 0.117. The summed E-state index contributed by atoms with van der Waals surface area (Å²) in [5.41, 5.74) is 1.09. The molecule has 1 amide bonds. The Bertz CT molecular complexity index is 746. The van der Waals surface area contributed by atoms with Crippen LogP contribution in [0, 0.1) is 0 Å². The van der Waals surface area contributed by atoms with E-state index in [1.54, 1.807) is 18.9 Å². The summed E-state index contributed by atoms with van der Waals surface area (Å²) in [6.45, 7) is 5.04. The molecule has 0 bridgehead atoms. The van der Waals surface area contributed by atoms with Gasteiger partial charge in [0.05, 0.1) is 18.0 Å². The van der Waals surface area contributed by atoms with Crippen molar-refractivity contribution >= 4 is 35.0 Å². The molecule has 3 rings (SSSR count). The van der Waals surface area contributed by atoms with Gasteiger partial charge in [0.1, 0.15) is 5.75 Å². The van der Waals surface area contributed by atoms with E-state index in [9.17, 15) is 4.79 Å². The van der Waals surface area contributed by atoms with Crippen LogP contribution in [0.4, 0.5) is 5.69 Å². The zero-order valence-electron chi connectivity index (χ0n) is 15.0. The van der Waals surface area contributed by atoms with Crippen LogP contribution in [-0.2, 0) is 4.79 Å². The fourth-order valence-corrected chi connectivity index (χ4v) is 4.16. The second kappa shape index (κ2) is 8.69. The fourth-order valence-electron chi connectivity index (χ4n) is 3.08. The van der Waals surface area contributed by atoms with E-state index in [-0.39, 0.29) is 11.2 Å². The molecule has 6 heteroatoms. The van der Waals surface area contributed by atoms with Crippen molar-refractivity contribution < 1.29 is 9.53 Å². The maximum Gasteiger partial charge on any atom is 0.235 e. The number of nitrogens with zero attached hydrogens (tertiary/aromatic N) is 2. The lowest BCUT2D eigenvalue weighted by Crippen LogP contribution is -2.50. The van der Waals surface area contributed by atoms with Gasteiger partial charge in [-0.05, 0) is 43.3 Å². The number of hydrogen-bond acceptors (Lipinski definition) is 4. The van der Waals surface area contributed by atoms with Crippen LogP contribution in [0.5, 0.6) is 5.75 Å². The molecule has 0 saturated carbocycles. The summed E-state index contributed by atoms with van der Waals surface area (Å²) in [6.07, 6.45) is 0. The molecule has 1 fully saturated rings.